The molecular formula is C20H26ClN3O3S2. The van der Waals surface area contributed by atoms with Crippen molar-refractivity contribution in [3.05, 3.63) is 45.6 Å². The molecule has 1 aromatic heterocycles. The van der Waals surface area contributed by atoms with Crippen molar-refractivity contribution < 1.29 is 13.2 Å². The molecule has 0 spiro atoms. The third-order valence-corrected chi connectivity index (χ3v) is 8.18. The number of hydrogen-bond acceptors (Lipinski definition) is 5. The highest BCUT2D eigenvalue weighted by Crippen LogP contribution is 2.27. The molecule has 1 amide bonds. The minimum absolute atomic E-state index is 0.107. The molecule has 0 aliphatic carbocycles. The van der Waals surface area contributed by atoms with E-state index in [-0.39, 0.29) is 15.7 Å². The number of carbonyl (C=O) groups is 1. The van der Waals surface area contributed by atoms with Crippen molar-refractivity contribution in [3.63, 3.8) is 0 Å². The molecular weight excluding hydrogens is 430 g/mol. The smallest absolute Gasteiger partial charge is 0.262 e. The summed E-state index contributed by atoms with van der Waals surface area (Å²) in [7, 11) is -3.71. The zero-order valence-electron chi connectivity index (χ0n) is 16.4. The standard InChI is InChI=1S/C20H26ClN3O3S2/c1-2-3-4-10-22-20(25)19-18(9-15-28-19)29(26,27)24-13-11-23(12-14-24)17-7-5-16(21)6-8-17/h5-9,15H,2-4,10-14H2,1H3,(H,22,25). The molecule has 2 heterocycles. The van der Waals surface area contributed by atoms with Crippen LogP contribution in [-0.2, 0) is 10.0 Å². The van der Waals surface area contributed by atoms with Crippen LogP contribution in [0.1, 0.15) is 35.9 Å². The average Bonchev–Trinajstić information content (AvgIpc) is 3.23. The molecule has 9 heteroatoms. The minimum Gasteiger partial charge on any atom is -0.369 e. The van der Waals surface area contributed by atoms with Crippen LogP contribution < -0.4 is 10.2 Å². The number of sulfonamides is 1. The number of piperazine rings is 1. The van der Waals surface area contributed by atoms with Crippen LogP contribution in [0.4, 0.5) is 5.69 Å². The molecule has 2 aromatic rings. The van der Waals surface area contributed by atoms with Crippen LogP contribution in [0.2, 0.25) is 5.02 Å². The number of nitrogens with zero attached hydrogens (tertiary/aromatic N) is 2. The quantitative estimate of drug-likeness (QED) is 0.614. The minimum atomic E-state index is -3.71. The Hall–Kier alpha value is -1.61. The second-order valence-electron chi connectivity index (χ2n) is 6.94. The number of rotatable bonds is 8. The van der Waals surface area contributed by atoms with Crippen LogP contribution in [0, 0.1) is 0 Å². The number of hydrogen-bond donors (Lipinski definition) is 1. The number of amides is 1. The van der Waals surface area contributed by atoms with Gasteiger partial charge in [-0.3, -0.25) is 4.79 Å². The van der Waals surface area contributed by atoms with E-state index in [0.29, 0.717) is 37.7 Å². The van der Waals surface area contributed by atoms with E-state index in [4.69, 9.17) is 11.6 Å². The number of thiophene rings is 1. The van der Waals surface area contributed by atoms with E-state index in [1.807, 2.05) is 24.3 Å². The Labute approximate surface area is 181 Å². The molecule has 0 unspecified atom stereocenters. The van der Waals surface area contributed by atoms with Gasteiger partial charge in [-0.1, -0.05) is 31.4 Å². The third kappa shape index (κ3) is 5.31. The molecule has 0 bridgehead atoms. The first kappa shape index (κ1) is 22.1. The van der Waals surface area contributed by atoms with Gasteiger partial charge in [-0.2, -0.15) is 4.31 Å². The number of carbonyl (C=O) groups excluding carboxylic acids is 1. The first-order valence-electron chi connectivity index (χ1n) is 9.80. The average molecular weight is 456 g/mol. The Kier molecular flexibility index (Phi) is 7.56. The van der Waals surface area contributed by atoms with Crippen LogP contribution in [0.3, 0.4) is 0 Å². The van der Waals surface area contributed by atoms with Gasteiger partial charge in [0.05, 0.1) is 0 Å². The summed E-state index contributed by atoms with van der Waals surface area (Å²) in [5, 5.41) is 5.18. The van der Waals surface area contributed by atoms with Crippen LogP contribution in [0.15, 0.2) is 40.6 Å². The van der Waals surface area contributed by atoms with Crippen molar-refractivity contribution in [1.29, 1.82) is 0 Å². The predicted octanol–water partition coefficient (Wildman–Crippen LogP) is 3.83. The fourth-order valence-electron chi connectivity index (χ4n) is 3.30. The van der Waals surface area contributed by atoms with Gasteiger partial charge in [0.15, 0.2) is 0 Å². The largest absolute Gasteiger partial charge is 0.369 e. The number of nitrogens with one attached hydrogen (secondary N) is 1. The fourth-order valence-corrected chi connectivity index (χ4v) is 6.17. The second-order valence-corrected chi connectivity index (χ2v) is 10.2. The van der Waals surface area contributed by atoms with Gasteiger partial charge in [0.2, 0.25) is 10.0 Å². The number of halogens is 1. The normalized spacial score (nSPS) is 15.4. The van der Waals surface area contributed by atoms with Gasteiger partial charge in [0, 0.05) is 43.4 Å². The maximum Gasteiger partial charge on any atom is 0.262 e. The number of anilines is 1. The van der Waals surface area contributed by atoms with Gasteiger partial charge in [-0.05, 0) is 42.1 Å². The Morgan fingerprint density at radius 2 is 1.79 bits per heavy atom. The van der Waals surface area contributed by atoms with E-state index in [1.165, 1.54) is 21.7 Å². The lowest BCUT2D eigenvalue weighted by Crippen LogP contribution is -2.48. The van der Waals surface area contributed by atoms with Gasteiger partial charge in [0.1, 0.15) is 9.77 Å². The monoisotopic (exact) mass is 455 g/mol. The van der Waals surface area contributed by atoms with Crippen molar-refractivity contribution >= 4 is 44.6 Å². The summed E-state index contributed by atoms with van der Waals surface area (Å²) in [5.41, 5.74) is 1.02. The topological polar surface area (TPSA) is 69.7 Å². The molecule has 3 rings (SSSR count). The van der Waals surface area contributed by atoms with Crippen molar-refractivity contribution in [1.82, 2.24) is 9.62 Å². The van der Waals surface area contributed by atoms with Crippen molar-refractivity contribution in [2.75, 3.05) is 37.6 Å². The maximum absolute atomic E-state index is 13.2. The molecule has 6 nitrogen and oxygen atoms in total. The predicted molar refractivity (Wildman–Crippen MR) is 119 cm³/mol. The molecule has 0 atom stereocenters. The lowest BCUT2D eigenvalue weighted by atomic mass is 10.2. The molecule has 1 fully saturated rings. The van der Waals surface area contributed by atoms with Gasteiger partial charge in [0.25, 0.3) is 5.91 Å². The Morgan fingerprint density at radius 1 is 1.10 bits per heavy atom. The van der Waals surface area contributed by atoms with Crippen LogP contribution >= 0.6 is 22.9 Å². The maximum atomic E-state index is 13.2. The molecule has 1 aliphatic heterocycles. The Morgan fingerprint density at radius 3 is 2.45 bits per heavy atom. The molecule has 1 saturated heterocycles. The zero-order chi connectivity index (χ0) is 20.9. The van der Waals surface area contributed by atoms with E-state index in [2.05, 4.69) is 17.1 Å². The van der Waals surface area contributed by atoms with Crippen LogP contribution in [0.25, 0.3) is 0 Å². The van der Waals surface area contributed by atoms with E-state index in [1.54, 1.807) is 5.38 Å². The van der Waals surface area contributed by atoms with Crippen LogP contribution in [0.5, 0.6) is 0 Å². The van der Waals surface area contributed by atoms with Crippen molar-refractivity contribution in [2.45, 2.75) is 31.1 Å². The number of unbranched alkanes of at least 4 members (excludes halogenated alkanes) is 2. The SMILES string of the molecule is CCCCCNC(=O)c1sccc1S(=O)(=O)N1CCN(c2ccc(Cl)cc2)CC1. The summed E-state index contributed by atoms with van der Waals surface area (Å²) in [6.45, 7) is 4.58. The molecule has 29 heavy (non-hydrogen) atoms. The summed E-state index contributed by atoms with van der Waals surface area (Å²) in [4.78, 5) is 15.0. The highest BCUT2D eigenvalue weighted by atomic mass is 35.5. The van der Waals surface area contributed by atoms with E-state index in [9.17, 15) is 13.2 Å². The summed E-state index contributed by atoms with van der Waals surface area (Å²) in [5.74, 6) is -0.311. The molecule has 0 saturated carbocycles. The summed E-state index contributed by atoms with van der Waals surface area (Å²) >= 11 is 7.11. The first-order valence-corrected chi connectivity index (χ1v) is 12.5. The van der Waals surface area contributed by atoms with E-state index < -0.39 is 10.0 Å². The highest BCUT2D eigenvalue weighted by Gasteiger charge is 2.32. The molecule has 158 valence electrons. The summed E-state index contributed by atoms with van der Waals surface area (Å²) in [6, 6.07) is 9.07. The zero-order valence-corrected chi connectivity index (χ0v) is 18.8. The molecule has 0 radical (unpaired) electrons. The van der Waals surface area contributed by atoms with Gasteiger partial charge < -0.3 is 10.2 Å². The fraction of sp³-hybridized carbons (Fsp3) is 0.450. The Bertz CT molecular complexity index is 921. The van der Waals surface area contributed by atoms with Crippen molar-refractivity contribution in [3.8, 4) is 0 Å². The molecule has 1 aliphatic rings. The second kappa shape index (κ2) is 9.93. The molecule has 1 N–H and O–H groups in total. The van der Waals surface area contributed by atoms with E-state index >= 15 is 0 Å². The summed E-state index contributed by atoms with van der Waals surface area (Å²) in [6.07, 6.45) is 2.99. The van der Waals surface area contributed by atoms with Gasteiger partial charge in [-0.15, -0.1) is 11.3 Å². The van der Waals surface area contributed by atoms with Crippen molar-refractivity contribution in [2.24, 2.45) is 0 Å². The number of benzene rings is 1. The summed E-state index contributed by atoms with van der Waals surface area (Å²) < 4.78 is 27.8. The Balaban J connectivity index is 1.65. The van der Waals surface area contributed by atoms with Crippen LogP contribution in [-0.4, -0.2) is 51.4 Å². The van der Waals surface area contributed by atoms with Gasteiger partial charge in [-0.25, -0.2) is 8.42 Å². The molecule has 1 aromatic carbocycles. The first-order chi connectivity index (χ1) is 13.9. The van der Waals surface area contributed by atoms with Gasteiger partial charge >= 0.3 is 0 Å². The highest BCUT2D eigenvalue weighted by molar-refractivity contribution is 7.89. The third-order valence-electron chi connectivity index (χ3n) is 4.95. The lowest BCUT2D eigenvalue weighted by molar-refractivity contribution is 0.0954. The lowest BCUT2D eigenvalue weighted by Gasteiger charge is -2.35. The van der Waals surface area contributed by atoms with E-state index in [0.717, 1.165) is 24.9 Å².